The largest absolute Gasteiger partial charge is 0.495 e. The van der Waals surface area contributed by atoms with Crippen molar-refractivity contribution in [2.75, 3.05) is 20.8 Å². The molecule has 0 aliphatic heterocycles. The maximum absolute atomic E-state index is 12.9. The number of rotatable bonds is 9. The summed E-state index contributed by atoms with van der Waals surface area (Å²) in [6, 6.07) is 9.34. The zero-order valence-electron chi connectivity index (χ0n) is 17.2. The summed E-state index contributed by atoms with van der Waals surface area (Å²) in [5.41, 5.74) is 0.571. The fraction of sp³-hybridized carbons (Fsp3) is 0.250. The number of methoxy groups -OCH3 is 2. The molecule has 1 amide bonds. The lowest BCUT2D eigenvalue weighted by molar-refractivity contribution is 0.0975. The molecule has 2 heterocycles. The van der Waals surface area contributed by atoms with Gasteiger partial charge in [-0.3, -0.25) is 9.48 Å². The number of ether oxygens (including phenoxy) is 3. The van der Waals surface area contributed by atoms with E-state index >= 15 is 0 Å². The maximum Gasteiger partial charge on any atom is 0.283 e. The van der Waals surface area contributed by atoms with Crippen LogP contribution in [0.3, 0.4) is 0 Å². The molecule has 0 atom stereocenters. The molecule has 0 spiro atoms. The molecule has 0 saturated carbocycles. The molecule has 1 aromatic carbocycles. The van der Waals surface area contributed by atoms with E-state index in [1.165, 1.54) is 32.4 Å². The van der Waals surface area contributed by atoms with Crippen LogP contribution >= 0.6 is 0 Å². The Kier molecular flexibility index (Phi) is 6.75. The van der Waals surface area contributed by atoms with Gasteiger partial charge in [0, 0.05) is 18.0 Å². The van der Waals surface area contributed by atoms with E-state index in [1.54, 1.807) is 42.2 Å². The van der Waals surface area contributed by atoms with Gasteiger partial charge in [0.2, 0.25) is 5.88 Å². The molecule has 31 heavy (non-hydrogen) atoms. The van der Waals surface area contributed by atoms with Crippen LogP contribution in [0.25, 0.3) is 0 Å². The van der Waals surface area contributed by atoms with Crippen LogP contribution in [0.15, 0.2) is 53.7 Å². The van der Waals surface area contributed by atoms with Gasteiger partial charge in [-0.1, -0.05) is 6.07 Å². The lowest BCUT2D eigenvalue weighted by Gasteiger charge is -2.14. The number of carbonyl (C=O) groups is 1. The summed E-state index contributed by atoms with van der Waals surface area (Å²) in [6.45, 7) is 2.49. The molecule has 0 unspecified atom stereocenters. The number of sulfonamides is 1. The smallest absolute Gasteiger partial charge is 0.283 e. The fourth-order valence-electron chi connectivity index (χ4n) is 2.85. The first-order valence-electron chi connectivity index (χ1n) is 9.28. The third-order valence-electron chi connectivity index (χ3n) is 4.22. The molecule has 3 aromatic rings. The summed E-state index contributed by atoms with van der Waals surface area (Å²) in [5, 5.41) is 4.14. The Hall–Kier alpha value is -3.60. The van der Waals surface area contributed by atoms with Crippen molar-refractivity contribution in [2.45, 2.75) is 18.4 Å². The SMILES string of the molecule is CCOc1nc(C(=O)NS(=O)(=O)c2c(OC)cccc2OC)ccc1Cn1cccn1. The van der Waals surface area contributed by atoms with Crippen molar-refractivity contribution in [3.8, 4) is 17.4 Å². The number of aromatic nitrogens is 3. The van der Waals surface area contributed by atoms with Crippen molar-refractivity contribution >= 4 is 15.9 Å². The number of nitrogens with one attached hydrogen (secondary N) is 1. The highest BCUT2D eigenvalue weighted by Gasteiger charge is 2.28. The summed E-state index contributed by atoms with van der Waals surface area (Å²) < 4.78 is 45.3. The Bertz CT molecular complexity index is 1140. The average Bonchev–Trinajstić information content (AvgIpc) is 3.27. The van der Waals surface area contributed by atoms with E-state index in [0.717, 1.165) is 0 Å². The van der Waals surface area contributed by atoms with E-state index in [0.29, 0.717) is 18.7 Å². The van der Waals surface area contributed by atoms with Crippen molar-refractivity contribution in [3.05, 3.63) is 60.0 Å². The van der Waals surface area contributed by atoms with Crippen LogP contribution in [0, 0.1) is 0 Å². The molecule has 3 rings (SSSR count). The van der Waals surface area contributed by atoms with Crippen LogP contribution < -0.4 is 18.9 Å². The molecule has 10 nitrogen and oxygen atoms in total. The average molecular weight is 446 g/mol. The summed E-state index contributed by atoms with van der Waals surface area (Å²) in [7, 11) is -1.67. The highest BCUT2D eigenvalue weighted by molar-refractivity contribution is 7.90. The topological polar surface area (TPSA) is 122 Å². The standard InChI is InChI=1S/C20H22N4O6S/c1-4-30-20-14(13-24-12-6-11-21-24)9-10-15(22-20)19(25)23-31(26,27)18-16(28-2)7-5-8-17(18)29-3/h5-12H,4,13H2,1-3H3,(H,23,25). The van der Waals surface area contributed by atoms with Gasteiger partial charge in [-0.25, -0.2) is 18.1 Å². The normalized spacial score (nSPS) is 11.1. The van der Waals surface area contributed by atoms with Gasteiger partial charge in [0.1, 0.15) is 17.2 Å². The van der Waals surface area contributed by atoms with Crippen molar-refractivity contribution in [3.63, 3.8) is 0 Å². The minimum Gasteiger partial charge on any atom is -0.495 e. The van der Waals surface area contributed by atoms with Gasteiger partial charge in [-0.05, 0) is 37.3 Å². The van der Waals surface area contributed by atoms with Crippen LogP contribution in [0.4, 0.5) is 0 Å². The Labute approximate surface area is 179 Å². The number of amides is 1. The van der Waals surface area contributed by atoms with Crippen LogP contribution in [-0.2, 0) is 16.6 Å². The molecule has 11 heteroatoms. The predicted octanol–water partition coefficient (Wildman–Crippen LogP) is 1.86. The van der Waals surface area contributed by atoms with E-state index in [1.807, 2.05) is 4.72 Å². The summed E-state index contributed by atoms with van der Waals surface area (Å²) in [6.07, 6.45) is 3.43. The zero-order valence-corrected chi connectivity index (χ0v) is 18.0. The third kappa shape index (κ3) is 4.94. The summed E-state index contributed by atoms with van der Waals surface area (Å²) in [4.78, 5) is 16.6. The molecule has 0 fully saturated rings. The lowest BCUT2D eigenvalue weighted by atomic mass is 10.2. The first-order valence-corrected chi connectivity index (χ1v) is 10.8. The number of hydrogen-bond acceptors (Lipinski definition) is 8. The Balaban J connectivity index is 1.90. The van der Waals surface area contributed by atoms with E-state index in [2.05, 4.69) is 10.1 Å². The van der Waals surface area contributed by atoms with Gasteiger partial charge in [0.05, 0.1) is 27.4 Å². The van der Waals surface area contributed by atoms with Crippen LogP contribution in [-0.4, -0.2) is 49.9 Å². The zero-order chi connectivity index (χ0) is 22.4. The molecule has 164 valence electrons. The van der Waals surface area contributed by atoms with Gasteiger partial charge in [0.15, 0.2) is 4.90 Å². The van der Waals surface area contributed by atoms with Crippen LogP contribution in [0.2, 0.25) is 0 Å². The van der Waals surface area contributed by atoms with Gasteiger partial charge < -0.3 is 14.2 Å². The molecule has 0 aliphatic carbocycles. The first-order chi connectivity index (χ1) is 14.9. The van der Waals surface area contributed by atoms with Gasteiger partial charge >= 0.3 is 0 Å². The second-order valence-corrected chi connectivity index (χ2v) is 7.84. The van der Waals surface area contributed by atoms with Gasteiger partial charge in [-0.2, -0.15) is 5.10 Å². The Morgan fingerprint density at radius 3 is 2.39 bits per heavy atom. The molecule has 0 saturated heterocycles. The van der Waals surface area contributed by atoms with E-state index < -0.39 is 15.9 Å². The molecule has 2 aromatic heterocycles. The predicted molar refractivity (Wildman–Crippen MR) is 111 cm³/mol. The second kappa shape index (κ2) is 9.47. The fourth-order valence-corrected chi connectivity index (χ4v) is 4.14. The van der Waals surface area contributed by atoms with Gasteiger partial charge in [-0.15, -0.1) is 0 Å². The van der Waals surface area contributed by atoms with E-state index in [-0.39, 0.29) is 28.0 Å². The number of carbonyl (C=O) groups excluding carboxylic acids is 1. The van der Waals surface area contributed by atoms with Crippen molar-refractivity contribution in [1.29, 1.82) is 0 Å². The quantitative estimate of drug-likeness (QED) is 0.529. The van der Waals surface area contributed by atoms with Gasteiger partial charge in [0.25, 0.3) is 15.9 Å². The van der Waals surface area contributed by atoms with Crippen LogP contribution in [0.5, 0.6) is 17.4 Å². The minimum atomic E-state index is -4.31. The minimum absolute atomic E-state index is 0.0391. The van der Waals surface area contributed by atoms with Crippen LogP contribution in [0.1, 0.15) is 23.0 Å². The number of hydrogen-bond donors (Lipinski definition) is 1. The monoisotopic (exact) mass is 446 g/mol. The van der Waals surface area contributed by atoms with Crippen molar-refractivity contribution < 1.29 is 27.4 Å². The number of pyridine rings is 1. The molecule has 0 aliphatic rings. The Morgan fingerprint density at radius 1 is 1.10 bits per heavy atom. The molecule has 0 radical (unpaired) electrons. The Morgan fingerprint density at radius 2 is 1.81 bits per heavy atom. The van der Waals surface area contributed by atoms with E-state index in [4.69, 9.17) is 14.2 Å². The third-order valence-corrected chi connectivity index (χ3v) is 5.62. The molecular weight excluding hydrogens is 424 g/mol. The second-order valence-electron chi connectivity index (χ2n) is 6.22. The first kappa shape index (κ1) is 22.1. The van der Waals surface area contributed by atoms with Crippen molar-refractivity contribution in [2.24, 2.45) is 0 Å². The van der Waals surface area contributed by atoms with E-state index in [9.17, 15) is 13.2 Å². The summed E-state index contributed by atoms with van der Waals surface area (Å²) in [5.74, 6) is -0.619. The molecule has 0 bridgehead atoms. The maximum atomic E-state index is 12.9. The van der Waals surface area contributed by atoms with Crippen molar-refractivity contribution in [1.82, 2.24) is 19.5 Å². The lowest BCUT2D eigenvalue weighted by Crippen LogP contribution is -2.32. The molecular formula is C20H22N4O6S. The highest BCUT2D eigenvalue weighted by Crippen LogP contribution is 2.32. The molecule has 1 N–H and O–H groups in total. The number of benzene rings is 1. The summed E-state index contributed by atoms with van der Waals surface area (Å²) >= 11 is 0. The number of nitrogens with zero attached hydrogens (tertiary/aromatic N) is 3. The highest BCUT2D eigenvalue weighted by atomic mass is 32.2.